The first-order chi connectivity index (χ1) is 8.59. The summed E-state index contributed by atoms with van der Waals surface area (Å²) in [5.41, 5.74) is 0. The first-order valence-corrected chi connectivity index (χ1v) is 6.10. The molecule has 1 aromatic heterocycles. The van der Waals surface area contributed by atoms with Gasteiger partial charge in [-0.2, -0.15) is 5.10 Å². The van der Waals surface area contributed by atoms with Gasteiger partial charge in [0.25, 0.3) is 0 Å². The van der Waals surface area contributed by atoms with Crippen LogP contribution in [0.4, 0.5) is 0 Å². The Hall–Kier alpha value is -1.85. The highest BCUT2D eigenvalue weighted by molar-refractivity contribution is 5.81. The third-order valence-corrected chi connectivity index (χ3v) is 3.36. The molecule has 2 rings (SSSR count). The molecule has 0 unspecified atom stereocenters. The van der Waals surface area contributed by atoms with Crippen molar-refractivity contribution in [3.63, 3.8) is 0 Å². The fourth-order valence-electron chi connectivity index (χ4n) is 2.27. The predicted molar refractivity (Wildman–Crippen MR) is 63.9 cm³/mol. The summed E-state index contributed by atoms with van der Waals surface area (Å²) in [7, 11) is 0. The first kappa shape index (κ1) is 12.6. The number of hydrogen-bond acceptors (Lipinski definition) is 3. The van der Waals surface area contributed by atoms with Gasteiger partial charge in [0, 0.05) is 25.5 Å². The molecule has 98 valence electrons. The summed E-state index contributed by atoms with van der Waals surface area (Å²) in [6.07, 6.45) is 4.75. The molecule has 18 heavy (non-hydrogen) atoms. The highest BCUT2D eigenvalue weighted by atomic mass is 16.4. The highest BCUT2D eigenvalue weighted by Gasteiger charge is 2.30. The van der Waals surface area contributed by atoms with E-state index in [1.807, 2.05) is 0 Å². The van der Waals surface area contributed by atoms with E-state index in [9.17, 15) is 9.59 Å². The van der Waals surface area contributed by atoms with Crippen LogP contribution in [0.1, 0.15) is 25.8 Å². The molecule has 6 heteroatoms. The average molecular weight is 251 g/mol. The van der Waals surface area contributed by atoms with Crippen molar-refractivity contribution in [2.75, 3.05) is 13.1 Å². The van der Waals surface area contributed by atoms with E-state index in [0.29, 0.717) is 19.5 Å². The average Bonchev–Trinajstić information content (AvgIpc) is 2.91. The van der Waals surface area contributed by atoms with Gasteiger partial charge in [0.2, 0.25) is 5.91 Å². The number of carboxylic acid groups (broad SMARTS) is 1. The van der Waals surface area contributed by atoms with Crippen molar-refractivity contribution in [3.05, 3.63) is 18.5 Å². The zero-order valence-electron chi connectivity index (χ0n) is 10.3. The molecular weight excluding hydrogens is 234 g/mol. The van der Waals surface area contributed by atoms with Crippen molar-refractivity contribution in [1.82, 2.24) is 14.7 Å². The molecule has 0 spiro atoms. The Morgan fingerprint density at radius 1 is 1.50 bits per heavy atom. The van der Waals surface area contributed by atoms with Crippen molar-refractivity contribution in [2.45, 2.75) is 25.8 Å². The molecule has 1 aliphatic heterocycles. The Morgan fingerprint density at radius 3 is 2.89 bits per heavy atom. The minimum absolute atomic E-state index is 0.0651. The minimum atomic E-state index is -0.820. The van der Waals surface area contributed by atoms with Gasteiger partial charge in [0.05, 0.1) is 5.92 Å². The standard InChI is InChI=1S/C12H17N3O3/c1-9(15-7-3-5-13-15)11(16)14-6-2-4-10(8-14)12(17)18/h3,5,7,9-10H,2,4,6,8H2,1H3,(H,17,18)/t9-,10+/m1/s1. The number of carbonyl (C=O) groups excluding carboxylic acids is 1. The number of amides is 1. The molecule has 0 aromatic carbocycles. The number of hydrogen-bond donors (Lipinski definition) is 1. The predicted octanol–water partition coefficient (Wildman–Crippen LogP) is 0.767. The van der Waals surface area contributed by atoms with Crippen molar-refractivity contribution in [3.8, 4) is 0 Å². The van der Waals surface area contributed by atoms with Crippen LogP contribution in [0.3, 0.4) is 0 Å². The van der Waals surface area contributed by atoms with Crippen molar-refractivity contribution >= 4 is 11.9 Å². The number of carbonyl (C=O) groups is 2. The van der Waals surface area contributed by atoms with Gasteiger partial charge in [-0.05, 0) is 25.8 Å². The minimum Gasteiger partial charge on any atom is -0.481 e. The lowest BCUT2D eigenvalue weighted by molar-refractivity contribution is -0.146. The maximum Gasteiger partial charge on any atom is 0.308 e. The van der Waals surface area contributed by atoms with Crippen molar-refractivity contribution in [2.24, 2.45) is 5.92 Å². The van der Waals surface area contributed by atoms with Crippen LogP contribution in [0.2, 0.25) is 0 Å². The number of aromatic nitrogens is 2. The van der Waals surface area contributed by atoms with E-state index in [1.165, 1.54) is 0 Å². The van der Waals surface area contributed by atoms with E-state index in [1.54, 1.807) is 35.0 Å². The van der Waals surface area contributed by atoms with E-state index in [-0.39, 0.29) is 11.9 Å². The van der Waals surface area contributed by atoms with Crippen LogP contribution in [0, 0.1) is 5.92 Å². The number of nitrogens with zero attached hydrogens (tertiary/aromatic N) is 3. The molecule has 1 aromatic rings. The van der Waals surface area contributed by atoms with E-state index < -0.39 is 11.9 Å². The van der Waals surface area contributed by atoms with Gasteiger partial charge in [-0.15, -0.1) is 0 Å². The lowest BCUT2D eigenvalue weighted by Crippen LogP contribution is -2.44. The number of rotatable bonds is 3. The Bertz CT molecular complexity index is 430. The molecule has 0 saturated carbocycles. The van der Waals surface area contributed by atoms with E-state index in [0.717, 1.165) is 6.42 Å². The van der Waals surface area contributed by atoms with Gasteiger partial charge in [-0.3, -0.25) is 14.3 Å². The van der Waals surface area contributed by atoms with Gasteiger partial charge in [0.1, 0.15) is 6.04 Å². The SMILES string of the molecule is C[C@H](C(=O)N1CCC[C@H](C(=O)O)C1)n1cccn1. The van der Waals surface area contributed by atoms with Crippen LogP contribution in [-0.2, 0) is 9.59 Å². The number of carboxylic acids is 1. The van der Waals surface area contributed by atoms with Crippen LogP contribution in [-0.4, -0.2) is 44.8 Å². The fraction of sp³-hybridized carbons (Fsp3) is 0.583. The molecule has 1 aliphatic rings. The molecule has 1 N–H and O–H groups in total. The van der Waals surface area contributed by atoms with Gasteiger partial charge in [-0.25, -0.2) is 0 Å². The van der Waals surface area contributed by atoms with Crippen LogP contribution in [0.15, 0.2) is 18.5 Å². The second-order valence-electron chi connectivity index (χ2n) is 4.62. The molecule has 2 atom stereocenters. The molecule has 0 bridgehead atoms. The van der Waals surface area contributed by atoms with Crippen molar-refractivity contribution in [1.29, 1.82) is 0 Å². The van der Waals surface area contributed by atoms with Gasteiger partial charge >= 0.3 is 5.97 Å². The Morgan fingerprint density at radius 2 is 2.28 bits per heavy atom. The molecule has 1 fully saturated rings. The van der Waals surface area contributed by atoms with Crippen molar-refractivity contribution < 1.29 is 14.7 Å². The number of likely N-dealkylation sites (tertiary alicyclic amines) is 1. The summed E-state index contributed by atoms with van der Waals surface area (Å²) in [4.78, 5) is 24.8. The maximum atomic E-state index is 12.2. The van der Waals surface area contributed by atoms with Crippen LogP contribution >= 0.6 is 0 Å². The lowest BCUT2D eigenvalue weighted by atomic mass is 9.98. The largest absolute Gasteiger partial charge is 0.481 e. The second-order valence-corrected chi connectivity index (χ2v) is 4.62. The summed E-state index contributed by atoms with van der Waals surface area (Å²) < 4.78 is 1.59. The van der Waals surface area contributed by atoms with Gasteiger partial charge in [0.15, 0.2) is 0 Å². The zero-order chi connectivity index (χ0) is 13.1. The maximum absolute atomic E-state index is 12.2. The number of piperidine rings is 1. The normalized spacial score (nSPS) is 21.6. The topological polar surface area (TPSA) is 75.4 Å². The molecule has 1 amide bonds. The fourth-order valence-corrected chi connectivity index (χ4v) is 2.27. The summed E-state index contributed by atoms with van der Waals surface area (Å²) in [6.45, 7) is 2.72. The summed E-state index contributed by atoms with van der Waals surface area (Å²) in [5.74, 6) is -1.32. The van der Waals surface area contributed by atoms with Gasteiger partial charge < -0.3 is 10.0 Å². The van der Waals surface area contributed by atoms with E-state index in [2.05, 4.69) is 5.10 Å². The van der Waals surface area contributed by atoms with Crippen LogP contribution in [0.25, 0.3) is 0 Å². The monoisotopic (exact) mass is 251 g/mol. The summed E-state index contributed by atoms with van der Waals surface area (Å²) >= 11 is 0. The third-order valence-electron chi connectivity index (χ3n) is 3.36. The lowest BCUT2D eigenvalue weighted by Gasteiger charge is -2.32. The van der Waals surface area contributed by atoms with E-state index >= 15 is 0 Å². The molecule has 1 saturated heterocycles. The third kappa shape index (κ3) is 2.52. The quantitative estimate of drug-likeness (QED) is 0.860. The summed E-state index contributed by atoms with van der Waals surface area (Å²) in [5, 5.41) is 13.0. The second kappa shape index (κ2) is 5.20. The Balaban J connectivity index is 2.02. The molecule has 2 heterocycles. The smallest absolute Gasteiger partial charge is 0.308 e. The van der Waals surface area contributed by atoms with Crippen LogP contribution in [0.5, 0.6) is 0 Å². The molecule has 0 radical (unpaired) electrons. The van der Waals surface area contributed by atoms with E-state index in [4.69, 9.17) is 5.11 Å². The van der Waals surface area contributed by atoms with Gasteiger partial charge in [-0.1, -0.05) is 0 Å². The zero-order valence-corrected chi connectivity index (χ0v) is 10.3. The summed E-state index contributed by atoms with van der Waals surface area (Å²) in [6, 6.07) is 1.38. The van der Waals surface area contributed by atoms with Crippen LogP contribution < -0.4 is 0 Å². The molecular formula is C12H17N3O3. The highest BCUT2D eigenvalue weighted by Crippen LogP contribution is 2.19. The number of aliphatic carboxylic acids is 1. The first-order valence-electron chi connectivity index (χ1n) is 6.10. The Labute approximate surface area is 105 Å². The Kier molecular flexibility index (Phi) is 3.64. The molecule has 0 aliphatic carbocycles. The molecule has 6 nitrogen and oxygen atoms in total.